The van der Waals surface area contributed by atoms with E-state index in [2.05, 4.69) is 4.74 Å². The van der Waals surface area contributed by atoms with Gasteiger partial charge in [-0.2, -0.15) is 0 Å². The van der Waals surface area contributed by atoms with E-state index in [4.69, 9.17) is 18.9 Å². The molecule has 6 nitrogen and oxygen atoms in total. The Balaban J connectivity index is 2.08. The van der Waals surface area contributed by atoms with Gasteiger partial charge < -0.3 is 23.7 Å². The number of halogens is 2. The second kappa shape index (κ2) is 7.14. The molecule has 0 N–H and O–H groups in total. The zero-order valence-corrected chi connectivity index (χ0v) is 15.0. The predicted molar refractivity (Wildman–Crippen MR) is 91.9 cm³/mol. The fourth-order valence-corrected chi connectivity index (χ4v) is 2.79. The number of hydrogen-bond donors (Lipinski definition) is 0. The number of rotatable bonds is 5. The van der Waals surface area contributed by atoms with Gasteiger partial charge in [-0.1, -0.05) is 0 Å². The van der Waals surface area contributed by atoms with Crippen LogP contribution in [0, 0.1) is 11.6 Å². The van der Waals surface area contributed by atoms with Crippen molar-refractivity contribution in [3.05, 3.63) is 46.7 Å². The van der Waals surface area contributed by atoms with Gasteiger partial charge in [-0.25, -0.2) is 8.78 Å². The fraction of sp³-hybridized carbons (Fsp3) is 0.211. The van der Waals surface area contributed by atoms with Crippen molar-refractivity contribution in [2.24, 2.45) is 0 Å². The molecular weight excluding hydrogens is 362 g/mol. The van der Waals surface area contributed by atoms with Crippen LogP contribution >= 0.6 is 0 Å². The Morgan fingerprint density at radius 2 is 1.44 bits per heavy atom. The van der Waals surface area contributed by atoms with E-state index in [0.717, 1.165) is 19.2 Å². The van der Waals surface area contributed by atoms with Crippen LogP contribution in [0.2, 0.25) is 0 Å². The van der Waals surface area contributed by atoms with Gasteiger partial charge in [-0.15, -0.1) is 0 Å². The van der Waals surface area contributed by atoms with E-state index in [1.54, 1.807) is 0 Å². The summed E-state index contributed by atoms with van der Waals surface area (Å²) in [5, 5.41) is 0. The molecule has 0 atom stereocenters. The number of carbonyl (C=O) groups excluding carboxylic acids is 1. The molecule has 142 valence electrons. The molecule has 27 heavy (non-hydrogen) atoms. The van der Waals surface area contributed by atoms with Crippen molar-refractivity contribution in [2.45, 2.75) is 0 Å². The highest BCUT2D eigenvalue weighted by molar-refractivity contribution is 6.15. The Hall–Kier alpha value is -3.29. The molecule has 1 heterocycles. The van der Waals surface area contributed by atoms with Gasteiger partial charge in [0.15, 0.2) is 34.6 Å². The van der Waals surface area contributed by atoms with Gasteiger partial charge in [-0.05, 0) is 29.8 Å². The first-order valence-electron chi connectivity index (χ1n) is 7.75. The van der Waals surface area contributed by atoms with Crippen molar-refractivity contribution < 1.29 is 37.3 Å². The summed E-state index contributed by atoms with van der Waals surface area (Å²) in [4.78, 5) is 12.7. The average molecular weight is 378 g/mol. The predicted octanol–water partition coefficient (Wildman–Crippen LogP) is 3.62. The Bertz CT molecular complexity index is 929. The van der Waals surface area contributed by atoms with Crippen molar-refractivity contribution in [3.8, 4) is 28.7 Å². The monoisotopic (exact) mass is 378 g/mol. The van der Waals surface area contributed by atoms with Gasteiger partial charge >= 0.3 is 0 Å². The van der Waals surface area contributed by atoms with Crippen LogP contribution < -0.4 is 23.7 Å². The smallest absolute Gasteiger partial charge is 0.232 e. The van der Waals surface area contributed by atoms with Crippen LogP contribution in [0.3, 0.4) is 0 Å². The van der Waals surface area contributed by atoms with Crippen molar-refractivity contribution in [1.82, 2.24) is 0 Å². The molecule has 0 aliphatic carbocycles. The maximum atomic E-state index is 13.9. The van der Waals surface area contributed by atoms with Gasteiger partial charge in [-0.3, -0.25) is 4.79 Å². The summed E-state index contributed by atoms with van der Waals surface area (Å²) < 4.78 is 53.8. The Kier molecular flexibility index (Phi) is 4.89. The summed E-state index contributed by atoms with van der Waals surface area (Å²) in [5.41, 5.74) is 0.282. The number of carbonyl (C=O) groups is 1. The third-order valence-electron chi connectivity index (χ3n) is 3.99. The molecule has 2 aromatic carbocycles. The molecule has 0 spiro atoms. The van der Waals surface area contributed by atoms with E-state index >= 15 is 0 Å². The molecule has 1 aliphatic heterocycles. The van der Waals surface area contributed by atoms with Gasteiger partial charge in [0.25, 0.3) is 0 Å². The Labute approximate surface area is 153 Å². The lowest BCUT2D eigenvalue weighted by molar-refractivity contribution is 0.101. The minimum absolute atomic E-state index is 0.0971. The Morgan fingerprint density at radius 3 is 1.96 bits per heavy atom. The van der Waals surface area contributed by atoms with Crippen LogP contribution in [-0.2, 0) is 0 Å². The number of benzene rings is 2. The van der Waals surface area contributed by atoms with Crippen LogP contribution in [0.1, 0.15) is 15.9 Å². The van der Waals surface area contributed by atoms with Crippen LogP contribution in [0.5, 0.6) is 28.7 Å². The van der Waals surface area contributed by atoms with Crippen LogP contribution in [0.4, 0.5) is 8.78 Å². The molecule has 0 radical (unpaired) electrons. The maximum Gasteiger partial charge on any atom is 0.232 e. The second-order valence-corrected chi connectivity index (χ2v) is 5.48. The molecule has 0 amide bonds. The van der Waals surface area contributed by atoms with Gasteiger partial charge in [0.1, 0.15) is 0 Å². The molecule has 0 saturated heterocycles. The molecule has 8 heteroatoms. The highest BCUT2D eigenvalue weighted by atomic mass is 19.1. The third kappa shape index (κ3) is 3.03. The molecular formula is C19H16F2O6. The molecule has 0 aromatic heterocycles. The lowest BCUT2D eigenvalue weighted by Crippen LogP contribution is -1.99. The summed E-state index contributed by atoms with van der Waals surface area (Å²) in [5.74, 6) is -2.04. The van der Waals surface area contributed by atoms with Gasteiger partial charge in [0.2, 0.25) is 17.3 Å². The number of hydrogen-bond acceptors (Lipinski definition) is 6. The zero-order valence-electron chi connectivity index (χ0n) is 15.0. The normalized spacial score (nSPS) is 14.0. The van der Waals surface area contributed by atoms with Crippen molar-refractivity contribution in [3.63, 3.8) is 0 Å². The van der Waals surface area contributed by atoms with E-state index in [-0.39, 0.29) is 39.9 Å². The first-order valence-corrected chi connectivity index (χ1v) is 7.75. The average Bonchev–Trinajstić information content (AvgIpc) is 2.95. The first-order chi connectivity index (χ1) is 12.9. The minimum atomic E-state index is -0.895. The number of ether oxygens (including phenoxy) is 5. The van der Waals surface area contributed by atoms with Crippen LogP contribution in [0.25, 0.3) is 6.08 Å². The fourth-order valence-electron chi connectivity index (χ4n) is 2.79. The molecule has 2 aromatic rings. The SMILES string of the molecule is COc1cc2c(c(OC)c1OC)O/C(=C\c1cc(F)c(OC)c(F)c1)C2=O. The summed E-state index contributed by atoms with van der Waals surface area (Å²) >= 11 is 0. The van der Waals surface area contributed by atoms with E-state index in [9.17, 15) is 13.6 Å². The number of allylic oxidation sites excluding steroid dienone is 1. The van der Waals surface area contributed by atoms with Gasteiger partial charge in [0, 0.05) is 0 Å². The van der Waals surface area contributed by atoms with E-state index < -0.39 is 23.2 Å². The van der Waals surface area contributed by atoms with E-state index in [1.807, 2.05) is 0 Å². The zero-order chi connectivity index (χ0) is 19.7. The minimum Gasteiger partial charge on any atom is -0.493 e. The number of ketones is 1. The molecule has 0 bridgehead atoms. The van der Waals surface area contributed by atoms with Crippen molar-refractivity contribution >= 4 is 11.9 Å². The number of methoxy groups -OCH3 is 4. The van der Waals surface area contributed by atoms with Crippen molar-refractivity contribution in [1.29, 1.82) is 0 Å². The molecule has 1 aliphatic rings. The lowest BCUT2D eigenvalue weighted by Gasteiger charge is -2.14. The van der Waals surface area contributed by atoms with Gasteiger partial charge in [0.05, 0.1) is 34.0 Å². The molecule has 0 saturated carbocycles. The Morgan fingerprint density at radius 1 is 0.852 bits per heavy atom. The van der Waals surface area contributed by atoms with Crippen LogP contribution in [-0.4, -0.2) is 34.2 Å². The summed E-state index contributed by atoms with van der Waals surface area (Å²) in [6.45, 7) is 0. The summed E-state index contributed by atoms with van der Waals surface area (Å²) in [7, 11) is 5.39. The lowest BCUT2D eigenvalue weighted by atomic mass is 10.1. The van der Waals surface area contributed by atoms with E-state index in [1.165, 1.54) is 33.5 Å². The number of fused-ring (bicyclic) bond motifs is 1. The highest BCUT2D eigenvalue weighted by Gasteiger charge is 2.34. The standard InChI is InChI=1S/C19H16F2O6/c1-23-14-8-10-15(22)13(27-16(10)19(26-4)18(14)25-3)7-9-5-11(20)17(24-2)12(21)6-9/h5-8H,1-4H3/b13-7-. The highest BCUT2D eigenvalue weighted by Crippen LogP contribution is 2.50. The topological polar surface area (TPSA) is 63.2 Å². The maximum absolute atomic E-state index is 13.9. The summed E-state index contributed by atoms with van der Waals surface area (Å²) in [6, 6.07) is 3.52. The second-order valence-electron chi connectivity index (χ2n) is 5.48. The molecule has 0 fully saturated rings. The van der Waals surface area contributed by atoms with Crippen LogP contribution in [0.15, 0.2) is 24.0 Å². The van der Waals surface area contributed by atoms with E-state index in [0.29, 0.717) is 0 Å². The third-order valence-corrected chi connectivity index (χ3v) is 3.99. The summed E-state index contributed by atoms with van der Waals surface area (Å²) in [6.07, 6.45) is 1.23. The molecule has 0 unspecified atom stereocenters. The first kappa shape index (κ1) is 18.5. The van der Waals surface area contributed by atoms with Crippen molar-refractivity contribution in [2.75, 3.05) is 28.4 Å². The number of Topliss-reactive ketones (excluding diaryl/α,β-unsaturated/α-hetero) is 1. The molecule has 3 rings (SSSR count). The largest absolute Gasteiger partial charge is 0.493 e. The quantitative estimate of drug-likeness (QED) is 0.741.